The van der Waals surface area contributed by atoms with Crippen molar-refractivity contribution in [3.8, 4) is 11.1 Å². The zero-order valence-corrected chi connectivity index (χ0v) is 16.6. The van der Waals surface area contributed by atoms with E-state index in [9.17, 15) is 9.59 Å². The molecular weight excluding hydrogens is 380 g/mol. The zero-order valence-electron chi connectivity index (χ0n) is 15.0. The van der Waals surface area contributed by atoms with Crippen molar-refractivity contribution in [1.82, 2.24) is 9.97 Å². The van der Waals surface area contributed by atoms with Gasteiger partial charge in [-0.1, -0.05) is 42.1 Å². The standard InChI is InChI=1S/C20H20N2O3S2/c1-12-16(13-7-3-2-4-8-13)17-18(24)21-20(22-19(17)27-12)26-11-15(23)25-14-9-5-6-10-14/h2-4,7-8,14H,5-6,9-11H2,1H3,(H,21,22,24). The van der Waals surface area contributed by atoms with E-state index in [0.29, 0.717) is 15.4 Å². The fourth-order valence-electron chi connectivity index (χ4n) is 3.47. The van der Waals surface area contributed by atoms with Gasteiger partial charge in [0.25, 0.3) is 5.56 Å². The van der Waals surface area contributed by atoms with Crippen LogP contribution in [0.15, 0.2) is 40.3 Å². The second-order valence-electron chi connectivity index (χ2n) is 6.64. The maximum atomic E-state index is 12.7. The zero-order chi connectivity index (χ0) is 18.8. The van der Waals surface area contributed by atoms with Crippen molar-refractivity contribution in [3.63, 3.8) is 0 Å². The van der Waals surface area contributed by atoms with E-state index in [0.717, 1.165) is 41.7 Å². The summed E-state index contributed by atoms with van der Waals surface area (Å²) in [5, 5.41) is 1.07. The molecule has 0 bridgehead atoms. The number of aromatic amines is 1. The van der Waals surface area contributed by atoms with Crippen molar-refractivity contribution in [3.05, 3.63) is 45.6 Å². The predicted octanol–water partition coefficient (Wildman–Crippen LogP) is 4.54. The van der Waals surface area contributed by atoms with E-state index in [2.05, 4.69) is 9.97 Å². The van der Waals surface area contributed by atoms with Gasteiger partial charge in [-0.25, -0.2) is 4.98 Å². The number of hydrogen-bond acceptors (Lipinski definition) is 6. The number of nitrogens with one attached hydrogen (secondary N) is 1. The van der Waals surface area contributed by atoms with E-state index in [1.165, 1.54) is 23.1 Å². The van der Waals surface area contributed by atoms with Gasteiger partial charge < -0.3 is 9.72 Å². The van der Waals surface area contributed by atoms with Crippen LogP contribution in [0.25, 0.3) is 21.3 Å². The molecule has 3 aromatic rings. The first-order valence-corrected chi connectivity index (χ1v) is 10.8. The summed E-state index contributed by atoms with van der Waals surface area (Å²) in [6, 6.07) is 9.86. The van der Waals surface area contributed by atoms with Crippen LogP contribution in [-0.4, -0.2) is 27.8 Å². The lowest BCUT2D eigenvalue weighted by atomic mass is 10.0. The number of carbonyl (C=O) groups is 1. The largest absolute Gasteiger partial charge is 0.462 e. The molecular formula is C20H20N2O3S2. The lowest BCUT2D eigenvalue weighted by molar-refractivity contribution is -0.145. The Labute approximate surface area is 165 Å². The average molecular weight is 401 g/mol. The van der Waals surface area contributed by atoms with Gasteiger partial charge in [-0.15, -0.1) is 11.3 Å². The van der Waals surface area contributed by atoms with E-state index < -0.39 is 0 Å². The van der Waals surface area contributed by atoms with E-state index in [-0.39, 0.29) is 23.4 Å². The van der Waals surface area contributed by atoms with Crippen molar-refractivity contribution in [1.29, 1.82) is 0 Å². The van der Waals surface area contributed by atoms with Crippen LogP contribution in [0.2, 0.25) is 0 Å². The number of H-pyrrole nitrogens is 1. The molecule has 4 rings (SSSR count). The van der Waals surface area contributed by atoms with E-state index >= 15 is 0 Å². The summed E-state index contributed by atoms with van der Waals surface area (Å²) in [6.07, 6.45) is 4.21. The third-order valence-electron chi connectivity index (χ3n) is 4.71. The van der Waals surface area contributed by atoms with Crippen molar-refractivity contribution < 1.29 is 9.53 Å². The molecule has 0 aliphatic heterocycles. The van der Waals surface area contributed by atoms with Crippen LogP contribution in [0.3, 0.4) is 0 Å². The summed E-state index contributed by atoms with van der Waals surface area (Å²) >= 11 is 2.72. The first-order valence-electron chi connectivity index (χ1n) is 9.03. The fraction of sp³-hybridized carbons (Fsp3) is 0.350. The highest BCUT2D eigenvalue weighted by atomic mass is 32.2. The average Bonchev–Trinajstić information content (AvgIpc) is 3.28. The lowest BCUT2D eigenvalue weighted by Crippen LogP contribution is -2.17. The third-order valence-corrected chi connectivity index (χ3v) is 6.55. The maximum Gasteiger partial charge on any atom is 0.316 e. The summed E-state index contributed by atoms with van der Waals surface area (Å²) in [5.41, 5.74) is 1.77. The van der Waals surface area contributed by atoms with E-state index in [1.54, 1.807) is 0 Å². The predicted molar refractivity (Wildman–Crippen MR) is 109 cm³/mol. The third kappa shape index (κ3) is 3.94. The minimum atomic E-state index is -0.248. The molecule has 1 aliphatic rings. The molecule has 0 unspecified atom stereocenters. The lowest BCUT2D eigenvalue weighted by Gasteiger charge is -2.10. The Kier molecular flexibility index (Phi) is 5.31. The number of carbonyl (C=O) groups excluding carboxylic acids is 1. The van der Waals surface area contributed by atoms with Crippen LogP contribution in [0.1, 0.15) is 30.6 Å². The summed E-state index contributed by atoms with van der Waals surface area (Å²) < 4.78 is 5.45. The normalized spacial score (nSPS) is 14.7. The Bertz CT molecular complexity index is 1020. The van der Waals surface area contributed by atoms with Gasteiger partial charge in [0.15, 0.2) is 5.16 Å². The molecule has 2 aromatic heterocycles. The number of aryl methyl sites for hydroxylation is 1. The van der Waals surface area contributed by atoms with Crippen LogP contribution in [0.5, 0.6) is 0 Å². The number of rotatable bonds is 5. The molecule has 0 atom stereocenters. The monoisotopic (exact) mass is 400 g/mol. The van der Waals surface area contributed by atoms with Gasteiger partial charge in [-0.05, 0) is 38.2 Å². The van der Waals surface area contributed by atoms with Crippen molar-refractivity contribution >= 4 is 39.3 Å². The van der Waals surface area contributed by atoms with Gasteiger partial charge in [-0.2, -0.15) is 0 Å². The number of aromatic nitrogens is 2. The molecule has 140 valence electrons. The maximum absolute atomic E-state index is 12.7. The second kappa shape index (κ2) is 7.86. The van der Waals surface area contributed by atoms with Crippen LogP contribution >= 0.6 is 23.1 Å². The number of fused-ring (bicyclic) bond motifs is 1. The van der Waals surface area contributed by atoms with Gasteiger partial charge in [0.2, 0.25) is 0 Å². The van der Waals surface area contributed by atoms with Gasteiger partial charge in [0, 0.05) is 10.4 Å². The van der Waals surface area contributed by atoms with Crippen molar-refractivity contribution in [2.75, 3.05) is 5.75 Å². The Morgan fingerprint density at radius 3 is 2.78 bits per heavy atom. The van der Waals surface area contributed by atoms with Crippen LogP contribution in [0.4, 0.5) is 0 Å². The highest BCUT2D eigenvalue weighted by Gasteiger charge is 2.20. The van der Waals surface area contributed by atoms with Gasteiger partial charge in [0.1, 0.15) is 10.9 Å². The molecule has 0 amide bonds. The smallest absolute Gasteiger partial charge is 0.316 e. The number of ether oxygens (including phenoxy) is 1. The quantitative estimate of drug-likeness (QED) is 0.387. The minimum Gasteiger partial charge on any atom is -0.462 e. The molecule has 1 N–H and O–H groups in total. The number of thiophene rings is 1. The van der Waals surface area contributed by atoms with Gasteiger partial charge in [0.05, 0.1) is 11.1 Å². The van der Waals surface area contributed by atoms with Gasteiger partial charge >= 0.3 is 5.97 Å². The highest BCUT2D eigenvalue weighted by Crippen LogP contribution is 2.35. The fourth-order valence-corrected chi connectivity index (χ4v) is 5.22. The van der Waals surface area contributed by atoms with E-state index in [1.807, 2.05) is 37.3 Å². The summed E-state index contributed by atoms with van der Waals surface area (Å²) in [7, 11) is 0. The second-order valence-corrected chi connectivity index (χ2v) is 8.80. The Morgan fingerprint density at radius 2 is 2.04 bits per heavy atom. The summed E-state index contributed by atoms with van der Waals surface area (Å²) in [6.45, 7) is 2.00. The topological polar surface area (TPSA) is 72.0 Å². The molecule has 27 heavy (non-hydrogen) atoms. The highest BCUT2D eigenvalue weighted by molar-refractivity contribution is 7.99. The molecule has 2 heterocycles. The van der Waals surface area contributed by atoms with Crippen LogP contribution in [0, 0.1) is 6.92 Å². The van der Waals surface area contributed by atoms with Gasteiger partial charge in [-0.3, -0.25) is 9.59 Å². The Morgan fingerprint density at radius 1 is 1.30 bits per heavy atom. The number of benzene rings is 1. The SMILES string of the molecule is Cc1sc2nc(SCC(=O)OC3CCCC3)[nH]c(=O)c2c1-c1ccccc1. The van der Waals surface area contributed by atoms with Crippen LogP contribution < -0.4 is 5.56 Å². The first kappa shape index (κ1) is 18.3. The van der Waals surface area contributed by atoms with Crippen molar-refractivity contribution in [2.24, 2.45) is 0 Å². The summed E-state index contributed by atoms with van der Waals surface area (Å²) in [5.74, 6) is -0.0945. The Balaban J connectivity index is 1.56. The first-order chi connectivity index (χ1) is 13.1. The molecule has 0 radical (unpaired) electrons. The molecule has 1 fully saturated rings. The molecule has 0 spiro atoms. The Hall–Kier alpha value is -2.12. The summed E-state index contributed by atoms with van der Waals surface area (Å²) in [4.78, 5) is 33.8. The minimum absolute atomic E-state index is 0.0564. The number of thioether (sulfide) groups is 1. The number of nitrogens with zero attached hydrogens (tertiary/aromatic N) is 1. The molecule has 1 aromatic carbocycles. The number of hydrogen-bond donors (Lipinski definition) is 1. The molecule has 7 heteroatoms. The number of esters is 1. The molecule has 1 saturated carbocycles. The van der Waals surface area contributed by atoms with Crippen molar-refractivity contribution in [2.45, 2.75) is 43.9 Å². The van der Waals surface area contributed by atoms with E-state index in [4.69, 9.17) is 4.74 Å². The molecule has 1 aliphatic carbocycles. The molecule has 0 saturated heterocycles. The van der Waals surface area contributed by atoms with Crippen LogP contribution in [-0.2, 0) is 9.53 Å². The molecule has 5 nitrogen and oxygen atoms in total.